The first kappa shape index (κ1) is 12.2. The van der Waals surface area contributed by atoms with Crippen LogP contribution in [0.25, 0.3) is 0 Å². The molecule has 100 valence electrons. The SMILES string of the molecule is CC(CC1CCCCN1)N1CCn2ccnc2C1. The van der Waals surface area contributed by atoms with Gasteiger partial charge in [0, 0.05) is 37.6 Å². The molecule has 4 nitrogen and oxygen atoms in total. The number of nitrogens with zero attached hydrogens (tertiary/aromatic N) is 3. The fraction of sp³-hybridized carbons (Fsp3) is 0.786. The van der Waals surface area contributed by atoms with Gasteiger partial charge in [-0.1, -0.05) is 6.42 Å². The number of imidazole rings is 1. The maximum atomic E-state index is 4.44. The maximum absolute atomic E-state index is 4.44. The minimum absolute atomic E-state index is 0.658. The van der Waals surface area contributed by atoms with E-state index in [-0.39, 0.29) is 0 Å². The minimum Gasteiger partial charge on any atom is -0.333 e. The lowest BCUT2D eigenvalue weighted by Crippen LogP contribution is -2.44. The van der Waals surface area contributed by atoms with E-state index in [1.165, 1.54) is 38.1 Å². The fourth-order valence-corrected chi connectivity index (χ4v) is 3.25. The summed E-state index contributed by atoms with van der Waals surface area (Å²) in [5.41, 5.74) is 0. The third-order valence-corrected chi connectivity index (χ3v) is 4.44. The summed E-state index contributed by atoms with van der Waals surface area (Å²) in [6.07, 6.45) is 9.40. The predicted molar refractivity (Wildman–Crippen MR) is 72.4 cm³/mol. The van der Waals surface area contributed by atoms with E-state index in [2.05, 4.69) is 32.9 Å². The average molecular weight is 248 g/mol. The van der Waals surface area contributed by atoms with E-state index in [9.17, 15) is 0 Å². The highest BCUT2D eigenvalue weighted by Crippen LogP contribution is 2.19. The zero-order valence-corrected chi connectivity index (χ0v) is 11.3. The molecule has 0 radical (unpaired) electrons. The van der Waals surface area contributed by atoms with Gasteiger partial charge in [-0.25, -0.2) is 4.98 Å². The van der Waals surface area contributed by atoms with Crippen LogP contribution in [0.2, 0.25) is 0 Å². The van der Waals surface area contributed by atoms with Crippen molar-refractivity contribution in [1.29, 1.82) is 0 Å². The van der Waals surface area contributed by atoms with Crippen molar-refractivity contribution < 1.29 is 0 Å². The molecule has 1 saturated heterocycles. The average Bonchev–Trinajstić information content (AvgIpc) is 2.87. The van der Waals surface area contributed by atoms with Crippen molar-refractivity contribution >= 4 is 0 Å². The molecule has 3 rings (SSSR count). The van der Waals surface area contributed by atoms with E-state index in [1.54, 1.807) is 0 Å². The van der Waals surface area contributed by atoms with Gasteiger partial charge in [-0.3, -0.25) is 4.90 Å². The van der Waals surface area contributed by atoms with Gasteiger partial charge in [0.1, 0.15) is 5.82 Å². The molecule has 0 aliphatic carbocycles. The molecular formula is C14H24N4. The molecule has 1 aromatic rings. The summed E-state index contributed by atoms with van der Waals surface area (Å²) in [7, 11) is 0. The van der Waals surface area contributed by atoms with Crippen LogP contribution in [0.15, 0.2) is 12.4 Å². The van der Waals surface area contributed by atoms with Crippen molar-refractivity contribution in [2.45, 2.75) is 57.8 Å². The van der Waals surface area contributed by atoms with E-state index >= 15 is 0 Å². The molecule has 1 fully saturated rings. The van der Waals surface area contributed by atoms with Crippen LogP contribution in [0, 0.1) is 0 Å². The topological polar surface area (TPSA) is 33.1 Å². The van der Waals surface area contributed by atoms with E-state index < -0.39 is 0 Å². The third-order valence-electron chi connectivity index (χ3n) is 4.44. The Kier molecular flexibility index (Phi) is 3.66. The molecule has 1 N–H and O–H groups in total. The summed E-state index contributed by atoms with van der Waals surface area (Å²) in [4.78, 5) is 7.02. The van der Waals surface area contributed by atoms with Crippen molar-refractivity contribution in [3.63, 3.8) is 0 Å². The molecule has 2 aliphatic heterocycles. The van der Waals surface area contributed by atoms with Crippen molar-refractivity contribution in [1.82, 2.24) is 19.8 Å². The Morgan fingerprint density at radius 2 is 2.39 bits per heavy atom. The van der Waals surface area contributed by atoms with E-state index in [4.69, 9.17) is 0 Å². The summed E-state index contributed by atoms with van der Waals surface area (Å²) in [5.74, 6) is 1.23. The van der Waals surface area contributed by atoms with Crippen LogP contribution in [0.3, 0.4) is 0 Å². The Labute approximate surface area is 109 Å². The molecule has 3 heterocycles. The molecule has 2 unspecified atom stereocenters. The van der Waals surface area contributed by atoms with Crippen LogP contribution in [0.5, 0.6) is 0 Å². The van der Waals surface area contributed by atoms with Gasteiger partial charge >= 0.3 is 0 Å². The zero-order chi connectivity index (χ0) is 12.4. The molecule has 1 aromatic heterocycles. The fourth-order valence-electron chi connectivity index (χ4n) is 3.25. The second kappa shape index (κ2) is 5.41. The van der Waals surface area contributed by atoms with E-state index in [1.807, 2.05) is 6.20 Å². The molecule has 2 atom stereocenters. The normalized spacial score (nSPS) is 26.8. The number of hydrogen-bond donors (Lipinski definition) is 1. The van der Waals surface area contributed by atoms with Gasteiger partial charge in [-0.2, -0.15) is 0 Å². The molecule has 0 bridgehead atoms. The standard InChI is InChI=1S/C14H24N4/c1-12(10-13-4-2-3-5-15-13)18-9-8-17-7-6-16-14(17)11-18/h6-7,12-13,15H,2-5,8-11H2,1H3. The number of nitrogens with one attached hydrogen (secondary N) is 1. The number of hydrogen-bond acceptors (Lipinski definition) is 3. The smallest absolute Gasteiger partial charge is 0.122 e. The van der Waals surface area contributed by atoms with Crippen LogP contribution >= 0.6 is 0 Å². The summed E-state index contributed by atoms with van der Waals surface area (Å²) < 4.78 is 2.28. The maximum Gasteiger partial charge on any atom is 0.122 e. The van der Waals surface area contributed by atoms with Gasteiger partial charge in [0.15, 0.2) is 0 Å². The van der Waals surface area contributed by atoms with Crippen LogP contribution in [-0.2, 0) is 13.1 Å². The van der Waals surface area contributed by atoms with Gasteiger partial charge < -0.3 is 9.88 Å². The van der Waals surface area contributed by atoms with E-state index in [0.29, 0.717) is 6.04 Å². The lowest BCUT2D eigenvalue weighted by atomic mass is 9.98. The quantitative estimate of drug-likeness (QED) is 0.882. The molecule has 0 saturated carbocycles. The Morgan fingerprint density at radius 1 is 1.44 bits per heavy atom. The van der Waals surface area contributed by atoms with Crippen molar-refractivity contribution in [2.75, 3.05) is 13.1 Å². The Bertz CT molecular complexity index is 381. The first-order valence-electron chi connectivity index (χ1n) is 7.30. The first-order valence-corrected chi connectivity index (χ1v) is 7.30. The Morgan fingerprint density at radius 3 is 3.22 bits per heavy atom. The van der Waals surface area contributed by atoms with Crippen LogP contribution < -0.4 is 5.32 Å². The van der Waals surface area contributed by atoms with Crippen LogP contribution in [-0.4, -0.2) is 39.6 Å². The number of piperidine rings is 1. The Balaban J connectivity index is 1.55. The summed E-state index contributed by atoms with van der Waals surface area (Å²) >= 11 is 0. The molecule has 0 spiro atoms. The molecule has 0 amide bonds. The molecule has 2 aliphatic rings. The second-order valence-electron chi connectivity index (χ2n) is 5.74. The summed E-state index contributed by atoms with van der Waals surface area (Å²) in [5, 5.41) is 3.66. The van der Waals surface area contributed by atoms with Gasteiger partial charge in [0.2, 0.25) is 0 Å². The summed E-state index contributed by atoms with van der Waals surface area (Å²) in [6.45, 7) is 6.85. The lowest BCUT2D eigenvalue weighted by Gasteiger charge is -2.35. The van der Waals surface area contributed by atoms with Gasteiger partial charge in [0.25, 0.3) is 0 Å². The predicted octanol–water partition coefficient (Wildman–Crippen LogP) is 1.62. The highest BCUT2D eigenvalue weighted by Gasteiger charge is 2.24. The third kappa shape index (κ3) is 2.59. The highest BCUT2D eigenvalue weighted by atomic mass is 15.2. The molecule has 0 aromatic carbocycles. The summed E-state index contributed by atoms with van der Waals surface area (Å²) in [6, 6.07) is 1.39. The second-order valence-corrected chi connectivity index (χ2v) is 5.74. The zero-order valence-electron chi connectivity index (χ0n) is 11.3. The van der Waals surface area contributed by atoms with Crippen molar-refractivity contribution in [3.05, 3.63) is 18.2 Å². The highest BCUT2D eigenvalue weighted by molar-refractivity contribution is 4.96. The van der Waals surface area contributed by atoms with Gasteiger partial charge in [0.05, 0.1) is 6.54 Å². The molecular weight excluding hydrogens is 224 g/mol. The number of rotatable bonds is 3. The van der Waals surface area contributed by atoms with Gasteiger partial charge in [-0.05, 0) is 32.7 Å². The number of aromatic nitrogens is 2. The first-order chi connectivity index (χ1) is 8.83. The number of fused-ring (bicyclic) bond motifs is 1. The lowest BCUT2D eigenvalue weighted by molar-refractivity contribution is 0.142. The van der Waals surface area contributed by atoms with E-state index in [0.717, 1.165) is 25.7 Å². The monoisotopic (exact) mass is 248 g/mol. The van der Waals surface area contributed by atoms with Gasteiger partial charge in [-0.15, -0.1) is 0 Å². The van der Waals surface area contributed by atoms with Crippen LogP contribution in [0.1, 0.15) is 38.4 Å². The Hall–Kier alpha value is -0.870. The van der Waals surface area contributed by atoms with Crippen molar-refractivity contribution in [2.24, 2.45) is 0 Å². The van der Waals surface area contributed by atoms with Crippen molar-refractivity contribution in [3.8, 4) is 0 Å². The molecule has 18 heavy (non-hydrogen) atoms. The largest absolute Gasteiger partial charge is 0.333 e. The molecule has 4 heteroatoms. The van der Waals surface area contributed by atoms with Crippen LogP contribution in [0.4, 0.5) is 0 Å². The minimum atomic E-state index is 0.658.